The number of hydrogen-bond acceptors (Lipinski definition) is 5. The summed E-state index contributed by atoms with van der Waals surface area (Å²) in [6, 6.07) is 0. The summed E-state index contributed by atoms with van der Waals surface area (Å²) in [4.78, 5) is 0.237. The first-order valence-corrected chi connectivity index (χ1v) is 8.36. The molecule has 1 aliphatic rings. The molecule has 0 amide bonds. The molecular formula is C12H22N4O3S. The van der Waals surface area contributed by atoms with Crippen LogP contribution in [-0.2, 0) is 21.3 Å². The lowest BCUT2D eigenvalue weighted by atomic mass is 10.1. The average molecular weight is 302 g/mol. The molecule has 0 bridgehead atoms. The van der Waals surface area contributed by atoms with Gasteiger partial charge in [-0.25, -0.2) is 8.42 Å². The van der Waals surface area contributed by atoms with Gasteiger partial charge in [-0.3, -0.25) is 4.68 Å². The number of piperidine rings is 1. The predicted octanol–water partition coefficient (Wildman–Crippen LogP) is 0.0314. The molecule has 0 radical (unpaired) electrons. The second-order valence-corrected chi connectivity index (χ2v) is 6.72. The van der Waals surface area contributed by atoms with E-state index in [2.05, 4.69) is 5.10 Å². The zero-order chi connectivity index (χ0) is 14.6. The molecule has 0 spiro atoms. The molecule has 1 fully saturated rings. The van der Waals surface area contributed by atoms with Crippen LogP contribution < -0.4 is 5.73 Å². The third-order valence-electron chi connectivity index (χ3n) is 3.41. The molecule has 2 rings (SSSR count). The molecule has 1 aromatic rings. The minimum atomic E-state index is -3.44. The fourth-order valence-corrected chi connectivity index (χ4v) is 3.78. The van der Waals surface area contributed by atoms with Crippen molar-refractivity contribution >= 4 is 10.0 Å². The maximum Gasteiger partial charge on any atom is 0.246 e. The van der Waals surface area contributed by atoms with Gasteiger partial charge in [0.05, 0.1) is 18.8 Å². The fraction of sp³-hybridized carbons (Fsp3) is 0.750. The molecule has 2 N–H and O–H groups in total. The van der Waals surface area contributed by atoms with Gasteiger partial charge < -0.3 is 10.5 Å². The van der Waals surface area contributed by atoms with E-state index in [0.717, 1.165) is 12.8 Å². The largest absolute Gasteiger partial charge is 0.378 e. The summed E-state index contributed by atoms with van der Waals surface area (Å²) in [5.41, 5.74) is 5.43. The molecule has 1 saturated heterocycles. The lowest BCUT2D eigenvalue weighted by molar-refractivity contribution is 0.0290. The van der Waals surface area contributed by atoms with E-state index in [4.69, 9.17) is 10.5 Å². The Morgan fingerprint density at radius 1 is 1.45 bits per heavy atom. The highest BCUT2D eigenvalue weighted by atomic mass is 32.2. The second kappa shape index (κ2) is 6.66. The van der Waals surface area contributed by atoms with Crippen molar-refractivity contribution in [2.45, 2.75) is 37.3 Å². The van der Waals surface area contributed by atoms with Gasteiger partial charge in [0.25, 0.3) is 0 Å². The Hall–Kier alpha value is -0.960. The Bertz CT molecular complexity index is 521. The zero-order valence-corrected chi connectivity index (χ0v) is 12.6. The van der Waals surface area contributed by atoms with E-state index in [0.29, 0.717) is 32.8 Å². The smallest absolute Gasteiger partial charge is 0.246 e. The van der Waals surface area contributed by atoms with Gasteiger partial charge in [-0.15, -0.1) is 0 Å². The summed E-state index contributed by atoms with van der Waals surface area (Å²) in [7, 11) is -3.44. The highest BCUT2D eigenvalue weighted by Gasteiger charge is 2.30. The maximum absolute atomic E-state index is 12.5. The quantitative estimate of drug-likeness (QED) is 0.800. The Labute approximate surface area is 119 Å². The zero-order valence-electron chi connectivity index (χ0n) is 11.7. The molecule has 114 valence electrons. The molecule has 20 heavy (non-hydrogen) atoms. The van der Waals surface area contributed by atoms with E-state index in [9.17, 15) is 8.42 Å². The van der Waals surface area contributed by atoms with Crippen molar-refractivity contribution in [2.75, 3.05) is 26.2 Å². The van der Waals surface area contributed by atoms with Gasteiger partial charge in [0.1, 0.15) is 4.90 Å². The summed E-state index contributed by atoms with van der Waals surface area (Å²) in [6.07, 6.45) is 4.58. The highest BCUT2D eigenvalue weighted by Crippen LogP contribution is 2.21. The van der Waals surface area contributed by atoms with E-state index in [1.165, 1.54) is 16.7 Å². The number of sulfonamides is 1. The van der Waals surface area contributed by atoms with Gasteiger partial charge in [-0.1, -0.05) is 0 Å². The van der Waals surface area contributed by atoms with Gasteiger partial charge in [0.15, 0.2) is 0 Å². The van der Waals surface area contributed by atoms with Crippen molar-refractivity contribution in [1.82, 2.24) is 14.1 Å². The van der Waals surface area contributed by atoms with Gasteiger partial charge in [0, 0.05) is 32.4 Å². The van der Waals surface area contributed by atoms with Crippen LogP contribution in [0.3, 0.4) is 0 Å². The first-order valence-electron chi connectivity index (χ1n) is 6.92. The predicted molar refractivity (Wildman–Crippen MR) is 74.7 cm³/mol. The van der Waals surface area contributed by atoms with Crippen LogP contribution in [0.25, 0.3) is 0 Å². The van der Waals surface area contributed by atoms with Crippen LogP contribution in [0.4, 0.5) is 0 Å². The third kappa shape index (κ3) is 3.38. The Morgan fingerprint density at radius 2 is 2.15 bits per heavy atom. The van der Waals surface area contributed by atoms with E-state index in [-0.39, 0.29) is 11.0 Å². The topological polar surface area (TPSA) is 90.5 Å². The van der Waals surface area contributed by atoms with Crippen molar-refractivity contribution in [3.05, 3.63) is 12.4 Å². The van der Waals surface area contributed by atoms with Crippen LogP contribution in [0.2, 0.25) is 0 Å². The van der Waals surface area contributed by atoms with E-state index in [1.54, 1.807) is 4.68 Å². The molecule has 0 aromatic carbocycles. The first-order chi connectivity index (χ1) is 9.57. The first kappa shape index (κ1) is 15.4. The number of hydrogen-bond donors (Lipinski definition) is 1. The van der Waals surface area contributed by atoms with Crippen LogP contribution >= 0.6 is 0 Å². The summed E-state index contributed by atoms with van der Waals surface area (Å²) >= 11 is 0. The number of aromatic nitrogens is 2. The standard InChI is InChI=1S/C12H22N4O3S/c1-2-19-11-3-6-16(7-4-11)20(17,18)12-9-14-15(10-12)8-5-13/h9-11H,2-8,13H2,1H3. The Kier molecular flexibility index (Phi) is 5.14. The molecule has 0 aliphatic carbocycles. The number of nitrogens with zero attached hydrogens (tertiary/aromatic N) is 3. The van der Waals surface area contributed by atoms with Crippen molar-refractivity contribution in [3.63, 3.8) is 0 Å². The number of ether oxygens (including phenoxy) is 1. The minimum Gasteiger partial charge on any atom is -0.378 e. The number of nitrogens with two attached hydrogens (primary N) is 1. The molecule has 8 heteroatoms. The molecule has 0 saturated carbocycles. The van der Waals surface area contributed by atoms with Gasteiger partial charge in [-0.05, 0) is 19.8 Å². The molecule has 0 atom stereocenters. The van der Waals surface area contributed by atoms with Crippen molar-refractivity contribution in [2.24, 2.45) is 5.73 Å². The molecule has 1 aromatic heterocycles. The van der Waals surface area contributed by atoms with Crippen LogP contribution in [0.15, 0.2) is 17.3 Å². The summed E-state index contributed by atoms with van der Waals surface area (Å²) in [6.45, 7) is 4.56. The molecule has 2 heterocycles. The number of rotatable bonds is 6. The second-order valence-electron chi connectivity index (χ2n) is 4.79. The van der Waals surface area contributed by atoms with Gasteiger partial charge in [0.2, 0.25) is 10.0 Å². The lowest BCUT2D eigenvalue weighted by Crippen LogP contribution is -2.40. The summed E-state index contributed by atoms with van der Waals surface area (Å²) < 4.78 is 33.5. The summed E-state index contributed by atoms with van der Waals surface area (Å²) in [5, 5.41) is 4.02. The van der Waals surface area contributed by atoms with Crippen LogP contribution in [0.5, 0.6) is 0 Å². The monoisotopic (exact) mass is 302 g/mol. The molecule has 1 aliphatic heterocycles. The molecule has 0 unspecified atom stereocenters. The van der Waals surface area contributed by atoms with E-state index < -0.39 is 10.0 Å². The lowest BCUT2D eigenvalue weighted by Gasteiger charge is -2.30. The van der Waals surface area contributed by atoms with Crippen molar-refractivity contribution in [3.8, 4) is 0 Å². The highest BCUT2D eigenvalue weighted by molar-refractivity contribution is 7.89. The summed E-state index contributed by atoms with van der Waals surface area (Å²) in [5.74, 6) is 0. The third-order valence-corrected chi connectivity index (χ3v) is 5.26. The fourth-order valence-electron chi connectivity index (χ4n) is 2.36. The normalized spacial score (nSPS) is 18.5. The Morgan fingerprint density at radius 3 is 2.75 bits per heavy atom. The van der Waals surface area contributed by atoms with Gasteiger partial charge in [-0.2, -0.15) is 9.40 Å². The minimum absolute atomic E-state index is 0.173. The average Bonchev–Trinajstić information content (AvgIpc) is 2.90. The molecular weight excluding hydrogens is 280 g/mol. The van der Waals surface area contributed by atoms with Crippen molar-refractivity contribution < 1.29 is 13.2 Å². The van der Waals surface area contributed by atoms with Crippen LogP contribution in [0.1, 0.15) is 19.8 Å². The van der Waals surface area contributed by atoms with Gasteiger partial charge >= 0.3 is 0 Å². The SMILES string of the molecule is CCOC1CCN(S(=O)(=O)c2cnn(CCN)c2)CC1. The van der Waals surface area contributed by atoms with Crippen molar-refractivity contribution in [1.29, 1.82) is 0 Å². The maximum atomic E-state index is 12.5. The van der Waals surface area contributed by atoms with Crippen LogP contribution in [-0.4, -0.2) is 54.8 Å². The Balaban J connectivity index is 2.03. The van der Waals surface area contributed by atoms with Crippen LogP contribution in [0, 0.1) is 0 Å². The van der Waals surface area contributed by atoms with E-state index >= 15 is 0 Å². The van der Waals surface area contributed by atoms with E-state index in [1.807, 2.05) is 6.92 Å². The molecule has 7 nitrogen and oxygen atoms in total.